The van der Waals surface area contributed by atoms with E-state index in [-0.39, 0.29) is 18.4 Å². The van der Waals surface area contributed by atoms with E-state index < -0.39 is 0 Å². The summed E-state index contributed by atoms with van der Waals surface area (Å²) in [7, 11) is 0. The minimum atomic E-state index is -0.292. The van der Waals surface area contributed by atoms with Crippen molar-refractivity contribution in [1.29, 1.82) is 0 Å². The van der Waals surface area contributed by atoms with Crippen LogP contribution in [-0.2, 0) is 11.4 Å². The highest BCUT2D eigenvalue weighted by Gasteiger charge is 2.09. The van der Waals surface area contributed by atoms with Crippen LogP contribution in [0.15, 0.2) is 72.8 Å². The van der Waals surface area contributed by atoms with Crippen LogP contribution in [-0.4, -0.2) is 18.4 Å². The topological polar surface area (TPSA) is 67.4 Å². The molecule has 5 heteroatoms. The van der Waals surface area contributed by atoms with Gasteiger partial charge in [0, 0.05) is 11.3 Å². The Morgan fingerprint density at radius 1 is 0.862 bits per heavy atom. The van der Waals surface area contributed by atoms with Gasteiger partial charge in [-0.05, 0) is 66.9 Å². The molecule has 0 aromatic heterocycles. The van der Waals surface area contributed by atoms with Gasteiger partial charge in [-0.15, -0.1) is 0 Å². The fraction of sp³-hybridized carbons (Fsp3) is 0.167. The summed E-state index contributed by atoms with van der Waals surface area (Å²) in [6, 6.07) is 22.5. The van der Waals surface area contributed by atoms with E-state index in [9.17, 15) is 9.59 Å². The molecular formula is C24H24N2O3. The van der Waals surface area contributed by atoms with Gasteiger partial charge in [-0.1, -0.05) is 36.4 Å². The van der Waals surface area contributed by atoms with Crippen LogP contribution >= 0.6 is 0 Å². The van der Waals surface area contributed by atoms with Gasteiger partial charge in [0.25, 0.3) is 5.91 Å². The minimum Gasteiger partial charge on any atom is -0.489 e. The van der Waals surface area contributed by atoms with E-state index in [4.69, 9.17) is 4.74 Å². The van der Waals surface area contributed by atoms with Gasteiger partial charge < -0.3 is 15.4 Å². The van der Waals surface area contributed by atoms with E-state index in [0.717, 1.165) is 22.4 Å². The van der Waals surface area contributed by atoms with E-state index in [1.807, 2.05) is 56.3 Å². The Kier molecular flexibility index (Phi) is 6.63. The average molecular weight is 388 g/mol. The third-order valence-electron chi connectivity index (χ3n) is 4.56. The molecule has 0 aliphatic carbocycles. The molecule has 0 aliphatic rings. The van der Waals surface area contributed by atoms with Crippen LogP contribution in [0.1, 0.15) is 27.0 Å². The number of ether oxygens (including phenoxy) is 1. The summed E-state index contributed by atoms with van der Waals surface area (Å²) in [5.41, 5.74) is 4.43. The lowest BCUT2D eigenvalue weighted by molar-refractivity contribution is -0.115. The smallest absolute Gasteiger partial charge is 0.251 e. The second-order valence-electron chi connectivity index (χ2n) is 6.83. The quantitative estimate of drug-likeness (QED) is 0.636. The number of carbonyl (C=O) groups is 2. The Bertz CT molecular complexity index is 983. The molecule has 3 aromatic carbocycles. The summed E-state index contributed by atoms with van der Waals surface area (Å²) < 4.78 is 5.73. The van der Waals surface area contributed by atoms with Gasteiger partial charge in [-0.25, -0.2) is 0 Å². The first-order valence-electron chi connectivity index (χ1n) is 9.43. The molecule has 0 heterocycles. The second kappa shape index (κ2) is 9.55. The van der Waals surface area contributed by atoms with Crippen LogP contribution in [0, 0.1) is 13.8 Å². The van der Waals surface area contributed by atoms with Crippen LogP contribution in [0.4, 0.5) is 5.69 Å². The number of aryl methyl sites for hydroxylation is 2. The molecule has 148 valence electrons. The summed E-state index contributed by atoms with van der Waals surface area (Å²) in [5, 5.41) is 5.40. The molecule has 0 radical (unpaired) electrons. The minimum absolute atomic E-state index is 0.0992. The molecule has 0 bridgehead atoms. The van der Waals surface area contributed by atoms with E-state index in [1.165, 1.54) is 0 Å². The van der Waals surface area contributed by atoms with Crippen molar-refractivity contribution in [2.75, 3.05) is 11.9 Å². The van der Waals surface area contributed by atoms with Crippen LogP contribution in [0.25, 0.3) is 0 Å². The van der Waals surface area contributed by atoms with E-state index >= 15 is 0 Å². The van der Waals surface area contributed by atoms with Gasteiger partial charge in [0.05, 0.1) is 6.54 Å². The van der Waals surface area contributed by atoms with Crippen molar-refractivity contribution in [3.63, 3.8) is 0 Å². The number of nitrogens with one attached hydrogen (secondary N) is 2. The SMILES string of the molecule is Cc1ccc(C(=O)NCC(=O)Nc2ccc(OCc3ccccc3)cc2)cc1C. The summed E-state index contributed by atoms with van der Waals surface area (Å²) in [6.07, 6.45) is 0. The van der Waals surface area contributed by atoms with Crippen molar-refractivity contribution in [2.45, 2.75) is 20.5 Å². The largest absolute Gasteiger partial charge is 0.489 e. The maximum Gasteiger partial charge on any atom is 0.251 e. The maximum atomic E-state index is 12.2. The Morgan fingerprint density at radius 2 is 1.59 bits per heavy atom. The monoisotopic (exact) mass is 388 g/mol. The second-order valence-corrected chi connectivity index (χ2v) is 6.83. The number of carbonyl (C=O) groups excluding carboxylic acids is 2. The molecule has 29 heavy (non-hydrogen) atoms. The Hall–Kier alpha value is -3.60. The van der Waals surface area contributed by atoms with Gasteiger partial charge in [-0.3, -0.25) is 9.59 Å². The van der Waals surface area contributed by atoms with Crippen molar-refractivity contribution < 1.29 is 14.3 Å². The molecular weight excluding hydrogens is 364 g/mol. The lowest BCUT2D eigenvalue weighted by Gasteiger charge is -2.10. The molecule has 5 nitrogen and oxygen atoms in total. The first kappa shape index (κ1) is 20.1. The molecule has 2 N–H and O–H groups in total. The number of rotatable bonds is 7. The highest BCUT2D eigenvalue weighted by Crippen LogP contribution is 2.17. The summed E-state index contributed by atoms with van der Waals surface area (Å²) >= 11 is 0. The van der Waals surface area contributed by atoms with E-state index in [0.29, 0.717) is 17.9 Å². The highest BCUT2D eigenvalue weighted by molar-refractivity contribution is 5.99. The molecule has 0 saturated carbocycles. The lowest BCUT2D eigenvalue weighted by atomic mass is 10.1. The highest BCUT2D eigenvalue weighted by atomic mass is 16.5. The van der Waals surface area contributed by atoms with E-state index in [1.54, 1.807) is 30.3 Å². The zero-order valence-corrected chi connectivity index (χ0v) is 16.6. The van der Waals surface area contributed by atoms with Gasteiger partial charge in [0.15, 0.2) is 0 Å². The molecule has 0 atom stereocenters. The number of hydrogen-bond donors (Lipinski definition) is 2. The van der Waals surface area contributed by atoms with Gasteiger partial charge in [0.1, 0.15) is 12.4 Å². The van der Waals surface area contributed by atoms with Crippen molar-refractivity contribution in [2.24, 2.45) is 0 Å². The Balaban J connectivity index is 1.46. The molecule has 2 amide bonds. The van der Waals surface area contributed by atoms with Crippen molar-refractivity contribution in [3.8, 4) is 5.75 Å². The predicted molar refractivity (Wildman–Crippen MR) is 114 cm³/mol. The normalized spacial score (nSPS) is 10.3. The molecule has 0 fully saturated rings. The Morgan fingerprint density at radius 3 is 2.28 bits per heavy atom. The molecule has 3 aromatic rings. The summed E-state index contributed by atoms with van der Waals surface area (Å²) in [5.74, 6) is 0.156. The number of anilines is 1. The molecule has 0 unspecified atom stereocenters. The van der Waals surface area contributed by atoms with Gasteiger partial charge in [0.2, 0.25) is 5.91 Å². The standard InChI is InChI=1S/C24H24N2O3/c1-17-8-9-20(14-18(17)2)24(28)25-15-23(27)26-21-10-12-22(13-11-21)29-16-19-6-4-3-5-7-19/h3-14H,15-16H2,1-2H3,(H,25,28)(H,26,27). The fourth-order valence-corrected chi connectivity index (χ4v) is 2.73. The van der Waals surface area contributed by atoms with Gasteiger partial charge >= 0.3 is 0 Å². The zero-order valence-electron chi connectivity index (χ0n) is 16.6. The zero-order chi connectivity index (χ0) is 20.6. The molecule has 0 aliphatic heterocycles. The lowest BCUT2D eigenvalue weighted by Crippen LogP contribution is -2.32. The predicted octanol–water partition coefficient (Wildman–Crippen LogP) is 4.25. The maximum absolute atomic E-state index is 12.2. The first-order chi connectivity index (χ1) is 14.0. The molecule has 0 spiro atoms. The number of hydrogen-bond acceptors (Lipinski definition) is 3. The third-order valence-corrected chi connectivity index (χ3v) is 4.56. The summed E-state index contributed by atoms with van der Waals surface area (Å²) in [6.45, 7) is 4.32. The molecule has 3 rings (SSSR count). The Labute approximate surface area is 170 Å². The van der Waals surface area contributed by atoms with Crippen LogP contribution in [0.2, 0.25) is 0 Å². The van der Waals surface area contributed by atoms with Crippen molar-refractivity contribution in [1.82, 2.24) is 5.32 Å². The van der Waals surface area contributed by atoms with Crippen LogP contribution < -0.4 is 15.4 Å². The number of amides is 2. The summed E-state index contributed by atoms with van der Waals surface area (Å²) in [4.78, 5) is 24.3. The number of benzene rings is 3. The van der Waals surface area contributed by atoms with Gasteiger partial charge in [-0.2, -0.15) is 0 Å². The van der Waals surface area contributed by atoms with Crippen molar-refractivity contribution >= 4 is 17.5 Å². The van der Waals surface area contributed by atoms with Crippen molar-refractivity contribution in [3.05, 3.63) is 95.1 Å². The average Bonchev–Trinajstić information content (AvgIpc) is 2.74. The fourth-order valence-electron chi connectivity index (χ4n) is 2.73. The van der Waals surface area contributed by atoms with Crippen LogP contribution in [0.5, 0.6) is 5.75 Å². The van der Waals surface area contributed by atoms with Crippen LogP contribution in [0.3, 0.4) is 0 Å². The van der Waals surface area contributed by atoms with E-state index in [2.05, 4.69) is 10.6 Å². The first-order valence-corrected chi connectivity index (χ1v) is 9.43. The molecule has 0 saturated heterocycles. The third kappa shape index (κ3) is 5.94.